The molecule has 2 saturated heterocycles. The van der Waals surface area contributed by atoms with Crippen LogP contribution in [0.3, 0.4) is 0 Å². The van der Waals surface area contributed by atoms with Gasteiger partial charge in [0.1, 0.15) is 11.9 Å². The van der Waals surface area contributed by atoms with Gasteiger partial charge in [-0.25, -0.2) is 0 Å². The molecule has 3 aliphatic heterocycles. The molecule has 0 bridgehead atoms. The van der Waals surface area contributed by atoms with E-state index >= 15 is 0 Å². The van der Waals surface area contributed by atoms with E-state index in [9.17, 15) is 4.79 Å². The number of piperazine rings is 2. The molecule has 9 nitrogen and oxygen atoms in total. The molecule has 0 amide bonds. The Hall–Kier alpha value is -2.49. The molecule has 1 aromatic rings. The van der Waals surface area contributed by atoms with Gasteiger partial charge in [-0.15, -0.1) is 0 Å². The summed E-state index contributed by atoms with van der Waals surface area (Å²) < 4.78 is 0. The van der Waals surface area contributed by atoms with Crippen molar-refractivity contribution in [1.82, 2.24) is 20.0 Å². The van der Waals surface area contributed by atoms with Gasteiger partial charge in [0.25, 0.3) is 0 Å². The van der Waals surface area contributed by atoms with Gasteiger partial charge in [0.15, 0.2) is 0 Å². The number of hydrogen-bond donors (Lipinski definition) is 3. The number of aliphatic carboxylic acids is 1. The van der Waals surface area contributed by atoms with Crippen LogP contribution in [-0.4, -0.2) is 109 Å². The SMILES string of the molecule is N=C(c1ccc(C2=NOC(CN3CCN(CC(=O)O)CC3)C2)cc1)N1CCNCC1. The minimum Gasteiger partial charge on any atom is -0.480 e. The fourth-order valence-electron chi connectivity index (χ4n) is 4.20. The number of nitrogens with zero attached hydrogens (tertiary/aromatic N) is 4. The fraction of sp³-hybridized carbons (Fsp3) is 0.571. The Labute approximate surface area is 176 Å². The van der Waals surface area contributed by atoms with Crippen molar-refractivity contribution in [2.45, 2.75) is 12.5 Å². The topological polar surface area (TPSA) is 104 Å². The zero-order valence-corrected chi connectivity index (χ0v) is 17.2. The largest absolute Gasteiger partial charge is 0.480 e. The van der Waals surface area contributed by atoms with Gasteiger partial charge in [0.05, 0.1) is 12.3 Å². The van der Waals surface area contributed by atoms with E-state index in [1.807, 2.05) is 29.2 Å². The van der Waals surface area contributed by atoms with E-state index < -0.39 is 5.97 Å². The molecule has 1 aromatic carbocycles. The zero-order chi connectivity index (χ0) is 20.9. The maximum atomic E-state index is 10.8. The second kappa shape index (κ2) is 9.55. The Morgan fingerprint density at radius 1 is 1.10 bits per heavy atom. The minimum atomic E-state index is -0.769. The number of amidine groups is 1. The van der Waals surface area contributed by atoms with Crippen LogP contribution in [0.2, 0.25) is 0 Å². The molecular weight excluding hydrogens is 384 g/mol. The molecule has 30 heavy (non-hydrogen) atoms. The number of rotatable bonds is 6. The first-order chi connectivity index (χ1) is 14.6. The van der Waals surface area contributed by atoms with Crippen LogP contribution >= 0.6 is 0 Å². The first-order valence-electron chi connectivity index (χ1n) is 10.6. The lowest BCUT2D eigenvalue weighted by Gasteiger charge is -2.34. The Balaban J connectivity index is 1.25. The maximum Gasteiger partial charge on any atom is 0.317 e. The first kappa shape index (κ1) is 20.8. The van der Waals surface area contributed by atoms with Crippen LogP contribution in [0, 0.1) is 5.41 Å². The fourth-order valence-corrected chi connectivity index (χ4v) is 4.20. The first-order valence-corrected chi connectivity index (χ1v) is 10.6. The quantitative estimate of drug-likeness (QED) is 0.448. The van der Waals surface area contributed by atoms with Gasteiger partial charge in [0, 0.05) is 70.9 Å². The molecule has 3 aliphatic rings. The van der Waals surface area contributed by atoms with Crippen LogP contribution < -0.4 is 5.32 Å². The van der Waals surface area contributed by atoms with Crippen molar-refractivity contribution in [2.75, 3.05) is 65.4 Å². The molecule has 1 atom stereocenters. The predicted octanol–water partition coefficient (Wildman–Crippen LogP) is 0.112. The molecule has 9 heteroatoms. The highest BCUT2D eigenvalue weighted by Gasteiger charge is 2.27. The lowest BCUT2D eigenvalue weighted by molar-refractivity contribution is -0.138. The Kier molecular flexibility index (Phi) is 6.61. The van der Waals surface area contributed by atoms with E-state index in [2.05, 4.69) is 20.3 Å². The average molecular weight is 415 g/mol. The smallest absolute Gasteiger partial charge is 0.317 e. The van der Waals surface area contributed by atoms with Crippen molar-refractivity contribution >= 4 is 17.5 Å². The third-order valence-corrected chi connectivity index (χ3v) is 5.94. The average Bonchev–Trinajstić information content (AvgIpc) is 3.23. The lowest BCUT2D eigenvalue weighted by atomic mass is 10.0. The Morgan fingerprint density at radius 2 is 1.77 bits per heavy atom. The van der Waals surface area contributed by atoms with Crippen LogP contribution in [0.25, 0.3) is 0 Å². The molecule has 0 radical (unpaired) electrons. The van der Waals surface area contributed by atoms with Crippen LogP contribution in [0.1, 0.15) is 17.5 Å². The number of carboxylic acids is 1. The summed E-state index contributed by atoms with van der Waals surface area (Å²) >= 11 is 0. The van der Waals surface area contributed by atoms with Crippen molar-refractivity contribution < 1.29 is 14.7 Å². The van der Waals surface area contributed by atoms with E-state index in [-0.39, 0.29) is 12.6 Å². The summed E-state index contributed by atoms with van der Waals surface area (Å²) in [6, 6.07) is 8.05. The molecule has 1 unspecified atom stereocenters. The Bertz CT molecular complexity index is 782. The van der Waals surface area contributed by atoms with Gasteiger partial charge in [-0.05, 0) is 5.56 Å². The second-order valence-corrected chi connectivity index (χ2v) is 8.10. The zero-order valence-electron chi connectivity index (χ0n) is 17.2. The van der Waals surface area contributed by atoms with E-state index in [0.29, 0.717) is 5.84 Å². The Morgan fingerprint density at radius 3 is 2.43 bits per heavy atom. The van der Waals surface area contributed by atoms with E-state index in [4.69, 9.17) is 15.4 Å². The molecule has 3 N–H and O–H groups in total. The van der Waals surface area contributed by atoms with Crippen LogP contribution in [-0.2, 0) is 9.63 Å². The molecule has 162 valence electrons. The highest BCUT2D eigenvalue weighted by atomic mass is 16.6. The number of carboxylic acid groups (broad SMARTS) is 1. The third-order valence-electron chi connectivity index (χ3n) is 5.94. The van der Waals surface area contributed by atoms with Gasteiger partial charge in [-0.2, -0.15) is 0 Å². The summed E-state index contributed by atoms with van der Waals surface area (Å²) in [4.78, 5) is 22.9. The molecule has 2 fully saturated rings. The van der Waals surface area contributed by atoms with Gasteiger partial charge in [0.2, 0.25) is 0 Å². The van der Waals surface area contributed by atoms with Gasteiger partial charge >= 0.3 is 5.97 Å². The molecule has 0 spiro atoms. The normalized spacial score (nSPS) is 23.1. The number of hydrogen-bond acceptors (Lipinski definition) is 7. The van der Waals surface area contributed by atoms with E-state index in [0.717, 1.165) is 82.2 Å². The summed E-state index contributed by atoms with van der Waals surface area (Å²) in [6.07, 6.45) is 0.800. The van der Waals surface area contributed by atoms with Gasteiger partial charge in [-0.3, -0.25) is 20.0 Å². The molecule has 0 aliphatic carbocycles. The van der Waals surface area contributed by atoms with Crippen molar-refractivity contribution in [3.8, 4) is 0 Å². The third kappa shape index (κ3) is 5.16. The highest BCUT2D eigenvalue weighted by molar-refractivity contribution is 6.02. The monoisotopic (exact) mass is 414 g/mol. The van der Waals surface area contributed by atoms with Crippen LogP contribution in [0.15, 0.2) is 29.4 Å². The second-order valence-electron chi connectivity index (χ2n) is 8.10. The summed E-state index contributed by atoms with van der Waals surface area (Å²) in [6.45, 7) is 7.75. The van der Waals surface area contributed by atoms with E-state index in [1.54, 1.807) is 0 Å². The molecule has 0 aromatic heterocycles. The molecule has 3 heterocycles. The van der Waals surface area contributed by atoms with Crippen LogP contribution in [0.5, 0.6) is 0 Å². The van der Waals surface area contributed by atoms with E-state index in [1.165, 1.54) is 0 Å². The van der Waals surface area contributed by atoms with Crippen molar-refractivity contribution in [2.24, 2.45) is 5.16 Å². The highest BCUT2D eigenvalue weighted by Crippen LogP contribution is 2.19. The number of nitrogens with one attached hydrogen (secondary N) is 2. The summed E-state index contributed by atoms with van der Waals surface area (Å²) in [7, 11) is 0. The summed E-state index contributed by atoms with van der Waals surface area (Å²) in [5, 5.41) is 25.0. The molecule has 0 saturated carbocycles. The predicted molar refractivity (Wildman–Crippen MR) is 114 cm³/mol. The summed E-state index contributed by atoms with van der Waals surface area (Å²) in [5.74, 6) is -0.192. The summed E-state index contributed by atoms with van der Waals surface area (Å²) in [5.41, 5.74) is 2.92. The lowest BCUT2D eigenvalue weighted by Crippen LogP contribution is -2.49. The molecule has 4 rings (SSSR count). The molecular formula is C21H30N6O3. The van der Waals surface area contributed by atoms with Gasteiger partial charge in [-0.1, -0.05) is 29.4 Å². The number of carbonyl (C=O) groups is 1. The van der Waals surface area contributed by atoms with Gasteiger partial charge < -0.3 is 20.2 Å². The number of benzene rings is 1. The van der Waals surface area contributed by atoms with Crippen LogP contribution in [0.4, 0.5) is 0 Å². The number of oxime groups is 1. The van der Waals surface area contributed by atoms with Crippen molar-refractivity contribution in [3.63, 3.8) is 0 Å². The minimum absolute atomic E-state index is 0.0323. The standard InChI is InChI=1S/C21H30N6O3/c22-21(27-7-5-23-6-8-27)17-3-1-16(2-4-17)19-13-18(30-24-19)14-25-9-11-26(12-10-25)15-20(28)29/h1-4,18,22-23H,5-15H2,(H,28,29). The van der Waals surface area contributed by atoms with Crippen molar-refractivity contribution in [3.05, 3.63) is 35.4 Å². The maximum absolute atomic E-state index is 10.8. The van der Waals surface area contributed by atoms with Crippen molar-refractivity contribution in [1.29, 1.82) is 5.41 Å².